The Bertz CT molecular complexity index is 394. The maximum absolute atomic E-state index is 5.90. The van der Waals surface area contributed by atoms with Crippen LogP contribution in [0.1, 0.15) is 39.5 Å². The third-order valence-electron chi connectivity index (χ3n) is 4.05. The van der Waals surface area contributed by atoms with Crippen molar-refractivity contribution in [1.29, 1.82) is 0 Å². The lowest BCUT2D eigenvalue weighted by atomic mass is 9.89. The molecule has 0 aliphatic carbocycles. The van der Waals surface area contributed by atoms with Crippen LogP contribution in [0, 0.1) is 5.92 Å². The van der Waals surface area contributed by atoms with E-state index in [2.05, 4.69) is 12.2 Å². The summed E-state index contributed by atoms with van der Waals surface area (Å²) < 4.78 is 11.5. The Balaban J connectivity index is 1.78. The summed E-state index contributed by atoms with van der Waals surface area (Å²) in [6.45, 7) is 6.86. The average molecular weight is 277 g/mol. The van der Waals surface area contributed by atoms with E-state index in [1.54, 1.807) is 0 Å². The lowest BCUT2D eigenvalue weighted by molar-refractivity contribution is 0.227. The molecule has 0 aromatic heterocycles. The molecule has 2 rings (SSSR count). The van der Waals surface area contributed by atoms with Crippen molar-refractivity contribution in [3.63, 3.8) is 0 Å². The molecule has 1 aromatic carbocycles. The summed E-state index contributed by atoms with van der Waals surface area (Å²) in [5.41, 5.74) is 0. The highest BCUT2D eigenvalue weighted by molar-refractivity contribution is 5.39. The van der Waals surface area contributed by atoms with Crippen molar-refractivity contribution < 1.29 is 9.47 Å². The zero-order chi connectivity index (χ0) is 14.2. The molecule has 1 aromatic rings. The minimum atomic E-state index is 0.605. The monoisotopic (exact) mass is 277 g/mol. The first-order chi connectivity index (χ1) is 9.83. The van der Waals surface area contributed by atoms with E-state index in [1.165, 1.54) is 19.3 Å². The highest BCUT2D eigenvalue weighted by atomic mass is 16.5. The van der Waals surface area contributed by atoms with Gasteiger partial charge in [-0.3, -0.25) is 0 Å². The van der Waals surface area contributed by atoms with Crippen molar-refractivity contribution >= 4 is 0 Å². The fourth-order valence-corrected chi connectivity index (χ4v) is 2.84. The molecule has 1 N–H and O–H groups in total. The molecule has 0 bridgehead atoms. The second kappa shape index (κ2) is 8.15. The molecule has 0 radical (unpaired) electrons. The topological polar surface area (TPSA) is 30.5 Å². The predicted octanol–water partition coefficient (Wildman–Crippen LogP) is 3.63. The summed E-state index contributed by atoms with van der Waals surface area (Å²) in [5, 5.41) is 3.60. The number of rotatable bonds is 7. The molecule has 3 heteroatoms. The summed E-state index contributed by atoms with van der Waals surface area (Å²) >= 11 is 0. The number of ether oxygens (including phenoxy) is 2. The number of hydrogen-bond acceptors (Lipinski definition) is 3. The smallest absolute Gasteiger partial charge is 0.161 e. The van der Waals surface area contributed by atoms with Crippen molar-refractivity contribution in [2.45, 2.75) is 45.6 Å². The third-order valence-corrected chi connectivity index (χ3v) is 4.05. The molecule has 20 heavy (non-hydrogen) atoms. The maximum Gasteiger partial charge on any atom is 0.161 e. The minimum absolute atomic E-state index is 0.605. The van der Waals surface area contributed by atoms with Crippen LogP contribution in [0.5, 0.6) is 11.5 Å². The zero-order valence-electron chi connectivity index (χ0n) is 12.7. The standard InChI is InChI=1S/C17H27NO2/c1-3-14-9-11-18-15(13-14)10-12-20-17-8-6-5-7-16(17)19-4-2/h5-8,14-15,18H,3-4,9-13H2,1-2H3. The quantitative estimate of drug-likeness (QED) is 0.825. The fraction of sp³-hybridized carbons (Fsp3) is 0.647. The highest BCUT2D eigenvalue weighted by Crippen LogP contribution is 2.27. The van der Waals surface area contributed by atoms with E-state index in [9.17, 15) is 0 Å². The molecule has 2 unspecified atom stereocenters. The summed E-state index contributed by atoms with van der Waals surface area (Å²) in [4.78, 5) is 0. The van der Waals surface area contributed by atoms with Crippen LogP contribution >= 0.6 is 0 Å². The van der Waals surface area contributed by atoms with E-state index in [-0.39, 0.29) is 0 Å². The van der Waals surface area contributed by atoms with Crippen molar-refractivity contribution in [1.82, 2.24) is 5.32 Å². The summed E-state index contributed by atoms with van der Waals surface area (Å²) in [7, 11) is 0. The number of benzene rings is 1. The fourth-order valence-electron chi connectivity index (χ4n) is 2.84. The molecule has 1 heterocycles. The van der Waals surface area contributed by atoms with Gasteiger partial charge < -0.3 is 14.8 Å². The van der Waals surface area contributed by atoms with Crippen LogP contribution in [0.3, 0.4) is 0 Å². The number of piperidine rings is 1. The molecule has 2 atom stereocenters. The van der Waals surface area contributed by atoms with Gasteiger partial charge in [0.15, 0.2) is 11.5 Å². The molecule has 1 aliphatic rings. The van der Waals surface area contributed by atoms with Crippen LogP contribution in [0.2, 0.25) is 0 Å². The van der Waals surface area contributed by atoms with Gasteiger partial charge in [-0.2, -0.15) is 0 Å². The van der Waals surface area contributed by atoms with Gasteiger partial charge in [0.25, 0.3) is 0 Å². The van der Waals surface area contributed by atoms with Crippen molar-refractivity contribution in [2.75, 3.05) is 19.8 Å². The Morgan fingerprint density at radius 1 is 1.15 bits per heavy atom. The van der Waals surface area contributed by atoms with E-state index in [0.717, 1.165) is 37.0 Å². The van der Waals surface area contributed by atoms with E-state index in [1.807, 2.05) is 31.2 Å². The van der Waals surface area contributed by atoms with Crippen molar-refractivity contribution in [3.05, 3.63) is 24.3 Å². The van der Waals surface area contributed by atoms with Crippen LogP contribution in [0.4, 0.5) is 0 Å². The van der Waals surface area contributed by atoms with Gasteiger partial charge in [0.2, 0.25) is 0 Å². The normalized spacial score (nSPS) is 22.5. The van der Waals surface area contributed by atoms with Crippen LogP contribution < -0.4 is 14.8 Å². The molecule has 1 aliphatic heterocycles. The first-order valence-electron chi connectivity index (χ1n) is 7.91. The SMILES string of the molecule is CCOc1ccccc1OCCC1CC(CC)CCN1. The lowest BCUT2D eigenvalue weighted by Crippen LogP contribution is -2.38. The van der Waals surface area contributed by atoms with Crippen LogP contribution in [0.15, 0.2) is 24.3 Å². The first kappa shape index (κ1) is 15.2. The first-order valence-corrected chi connectivity index (χ1v) is 7.91. The Kier molecular flexibility index (Phi) is 6.19. The largest absolute Gasteiger partial charge is 0.490 e. The highest BCUT2D eigenvalue weighted by Gasteiger charge is 2.19. The van der Waals surface area contributed by atoms with Crippen molar-refractivity contribution in [3.8, 4) is 11.5 Å². The summed E-state index contributed by atoms with van der Waals surface area (Å²) in [5.74, 6) is 2.59. The molecule has 0 spiro atoms. The van der Waals surface area contributed by atoms with Gasteiger partial charge in [-0.05, 0) is 50.8 Å². The third kappa shape index (κ3) is 4.41. The van der Waals surface area contributed by atoms with Gasteiger partial charge >= 0.3 is 0 Å². The van der Waals surface area contributed by atoms with Crippen LogP contribution in [-0.2, 0) is 0 Å². The average Bonchev–Trinajstić information content (AvgIpc) is 2.49. The second-order valence-corrected chi connectivity index (χ2v) is 5.47. The Hall–Kier alpha value is -1.22. The summed E-state index contributed by atoms with van der Waals surface area (Å²) in [6, 6.07) is 8.52. The molecule has 3 nitrogen and oxygen atoms in total. The minimum Gasteiger partial charge on any atom is -0.490 e. The van der Waals surface area contributed by atoms with Gasteiger partial charge in [-0.15, -0.1) is 0 Å². The summed E-state index contributed by atoms with van der Waals surface area (Å²) in [6.07, 6.45) is 4.97. The zero-order valence-corrected chi connectivity index (χ0v) is 12.7. The Morgan fingerprint density at radius 3 is 2.60 bits per heavy atom. The van der Waals surface area contributed by atoms with Gasteiger partial charge in [-0.25, -0.2) is 0 Å². The van der Waals surface area contributed by atoms with Gasteiger partial charge in [0.1, 0.15) is 0 Å². The molecular formula is C17H27NO2. The molecule has 0 saturated carbocycles. The van der Waals surface area contributed by atoms with E-state index in [0.29, 0.717) is 12.6 Å². The van der Waals surface area contributed by atoms with E-state index in [4.69, 9.17) is 9.47 Å². The van der Waals surface area contributed by atoms with E-state index < -0.39 is 0 Å². The molecular weight excluding hydrogens is 250 g/mol. The van der Waals surface area contributed by atoms with Crippen LogP contribution in [0.25, 0.3) is 0 Å². The molecule has 112 valence electrons. The van der Waals surface area contributed by atoms with Crippen molar-refractivity contribution in [2.24, 2.45) is 5.92 Å². The van der Waals surface area contributed by atoms with Gasteiger partial charge in [-0.1, -0.05) is 25.5 Å². The number of para-hydroxylation sites is 2. The van der Waals surface area contributed by atoms with Gasteiger partial charge in [0.05, 0.1) is 13.2 Å². The molecule has 1 saturated heterocycles. The second-order valence-electron chi connectivity index (χ2n) is 5.47. The van der Waals surface area contributed by atoms with Gasteiger partial charge in [0, 0.05) is 6.04 Å². The predicted molar refractivity (Wildman–Crippen MR) is 82.5 cm³/mol. The molecule has 1 fully saturated rings. The number of hydrogen-bond donors (Lipinski definition) is 1. The number of nitrogens with one attached hydrogen (secondary N) is 1. The molecule has 0 amide bonds. The Labute approximate surface area is 122 Å². The van der Waals surface area contributed by atoms with Crippen LogP contribution in [-0.4, -0.2) is 25.8 Å². The van der Waals surface area contributed by atoms with E-state index >= 15 is 0 Å². The maximum atomic E-state index is 5.90. The lowest BCUT2D eigenvalue weighted by Gasteiger charge is -2.29. The Morgan fingerprint density at radius 2 is 1.90 bits per heavy atom.